The highest BCUT2D eigenvalue weighted by Crippen LogP contribution is 2.38. The van der Waals surface area contributed by atoms with Crippen molar-refractivity contribution < 1.29 is 23.8 Å². The number of carboxylic acid groups (broad SMARTS) is 1. The number of ether oxygens (including phenoxy) is 2. The van der Waals surface area contributed by atoms with Gasteiger partial charge in [0.05, 0.1) is 52.5 Å². The number of nitrogens with zero attached hydrogens (tertiary/aromatic N) is 5. The van der Waals surface area contributed by atoms with Gasteiger partial charge in [-0.15, -0.1) is 11.3 Å². The molecule has 1 amide bonds. The van der Waals surface area contributed by atoms with Crippen LogP contribution in [-0.4, -0.2) is 45.4 Å². The van der Waals surface area contributed by atoms with Gasteiger partial charge in [-0.05, 0) is 38.1 Å². The third-order valence-corrected chi connectivity index (χ3v) is 7.64. The third kappa shape index (κ3) is 5.19. The molecule has 0 saturated heterocycles. The van der Waals surface area contributed by atoms with Gasteiger partial charge >= 0.3 is 6.09 Å². The van der Waals surface area contributed by atoms with Crippen molar-refractivity contribution >= 4 is 55.8 Å². The summed E-state index contributed by atoms with van der Waals surface area (Å²) in [5.41, 5.74) is 2.22. The van der Waals surface area contributed by atoms with E-state index in [1.54, 1.807) is 45.4 Å². The zero-order chi connectivity index (χ0) is 28.6. The van der Waals surface area contributed by atoms with E-state index in [1.807, 2.05) is 12.1 Å². The molecule has 12 heteroatoms. The fourth-order valence-electron chi connectivity index (χ4n) is 4.25. The van der Waals surface area contributed by atoms with Gasteiger partial charge < -0.3 is 14.6 Å². The number of aromatic nitrogens is 3. The van der Waals surface area contributed by atoms with Crippen LogP contribution in [0.4, 0.5) is 14.9 Å². The number of nitriles is 1. The second-order valence-electron chi connectivity index (χ2n) is 8.93. The van der Waals surface area contributed by atoms with Crippen LogP contribution in [0.5, 0.6) is 11.5 Å². The molecule has 1 N–H and O–H groups in total. The summed E-state index contributed by atoms with van der Waals surface area (Å²) in [4.78, 5) is 26.2. The number of rotatable bonds is 7. The molecule has 0 unspecified atom stereocenters. The average molecular weight is 578 g/mol. The van der Waals surface area contributed by atoms with Crippen LogP contribution in [0, 0.1) is 17.1 Å². The fourth-order valence-corrected chi connectivity index (χ4v) is 5.47. The minimum atomic E-state index is -1.26. The molecule has 0 bridgehead atoms. The Kier molecular flexibility index (Phi) is 7.38. The number of thiazole rings is 1. The summed E-state index contributed by atoms with van der Waals surface area (Å²) >= 11 is 7.70. The number of anilines is 1. The maximum absolute atomic E-state index is 15.2. The molecule has 0 fully saturated rings. The Morgan fingerprint density at radius 3 is 2.70 bits per heavy atom. The van der Waals surface area contributed by atoms with Gasteiger partial charge in [0, 0.05) is 34.3 Å². The number of carbonyl (C=O) groups is 1. The summed E-state index contributed by atoms with van der Waals surface area (Å²) in [5, 5.41) is 20.9. The number of halogens is 2. The van der Waals surface area contributed by atoms with Crippen molar-refractivity contribution in [2.45, 2.75) is 26.0 Å². The van der Waals surface area contributed by atoms with Crippen molar-refractivity contribution in [1.82, 2.24) is 15.0 Å². The van der Waals surface area contributed by atoms with Crippen LogP contribution in [0.3, 0.4) is 0 Å². The minimum absolute atomic E-state index is 0.0462. The number of amides is 1. The first-order valence-corrected chi connectivity index (χ1v) is 13.2. The van der Waals surface area contributed by atoms with Gasteiger partial charge in [0.15, 0.2) is 11.6 Å². The van der Waals surface area contributed by atoms with E-state index in [1.165, 1.54) is 35.9 Å². The zero-order valence-electron chi connectivity index (χ0n) is 21.4. The molecule has 0 aliphatic heterocycles. The first-order valence-electron chi connectivity index (χ1n) is 12.0. The predicted octanol–water partition coefficient (Wildman–Crippen LogP) is 6.92. The second-order valence-corrected chi connectivity index (χ2v) is 10.4. The lowest BCUT2D eigenvalue weighted by molar-refractivity contribution is 0.167. The molecule has 0 radical (unpaired) electrons. The van der Waals surface area contributed by atoms with Crippen molar-refractivity contribution in [2.24, 2.45) is 0 Å². The normalized spacial score (nSPS) is 12.6. The van der Waals surface area contributed by atoms with Gasteiger partial charge in [0.2, 0.25) is 0 Å². The molecule has 0 aliphatic carbocycles. The largest absolute Gasteiger partial charge is 0.495 e. The third-order valence-electron chi connectivity index (χ3n) is 6.37. The van der Waals surface area contributed by atoms with Crippen LogP contribution >= 0.6 is 22.9 Å². The van der Waals surface area contributed by atoms with Crippen LogP contribution < -0.4 is 14.4 Å². The predicted molar refractivity (Wildman–Crippen MR) is 151 cm³/mol. The lowest BCUT2D eigenvalue weighted by Gasteiger charge is -2.31. The highest BCUT2D eigenvalue weighted by molar-refractivity contribution is 7.21. The van der Waals surface area contributed by atoms with E-state index in [0.29, 0.717) is 37.1 Å². The topological polar surface area (TPSA) is 121 Å². The van der Waals surface area contributed by atoms with E-state index < -0.39 is 24.1 Å². The molecule has 3 heterocycles. The van der Waals surface area contributed by atoms with Crippen molar-refractivity contribution in [2.75, 3.05) is 12.0 Å². The van der Waals surface area contributed by atoms with Gasteiger partial charge in [-0.2, -0.15) is 5.26 Å². The van der Waals surface area contributed by atoms with Crippen molar-refractivity contribution in [1.29, 1.82) is 5.26 Å². The maximum Gasteiger partial charge on any atom is 0.412 e. The van der Waals surface area contributed by atoms with Crippen LogP contribution in [0.2, 0.25) is 5.02 Å². The second kappa shape index (κ2) is 10.9. The van der Waals surface area contributed by atoms with Crippen molar-refractivity contribution in [3.8, 4) is 28.1 Å². The molecule has 2 aromatic carbocycles. The molecule has 0 spiro atoms. The van der Waals surface area contributed by atoms with Gasteiger partial charge in [-0.1, -0.05) is 11.6 Å². The lowest BCUT2D eigenvalue weighted by Crippen LogP contribution is -2.46. The Balaban J connectivity index is 1.46. The molecule has 5 rings (SSSR count). The van der Waals surface area contributed by atoms with E-state index in [2.05, 4.69) is 15.0 Å². The van der Waals surface area contributed by atoms with Crippen LogP contribution in [0.25, 0.3) is 31.7 Å². The molecular formula is C28H21ClFN5O4S. The summed E-state index contributed by atoms with van der Waals surface area (Å²) in [6, 6.07) is 10.8. The smallest absolute Gasteiger partial charge is 0.412 e. The highest BCUT2D eigenvalue weighted by Gasteiger charge is 2.29. The number of pyridine rings is 2. The number of hydrogen-bond acceptors (Lipinski definition) is 8. The quantitative estimate of drug-likeness (QED) is 0.221. The number of fused-ring (bicyclic) bond motifs is 2. The van der Waals surface area contributed by atoms with Crippen molar-refractivity contribution in [3.05, 3.63) is 71.4 Å². The molecule has 0 aliphatic rings. The van der Waals surface area contributed by atoms with Gasteiger partial charge in [-0.3, -0.25) is 14.9 Å². The molecule has 9 nitrogen and oxygen atoms in total. The summed E-state index contributed by atoms with van der Waals surface area (Å²) in [7, 11) is 1.56. The number of benzene rings is 2. The first kappa shape index (κ1) is 27.1. The SMILES string of the molecule is COc1cnc2c(-c3nc4cc(F)c(O[C@@H](C)[C@@H](C)N(C(=O)O)c5cncc(C#N)c5)cc4s3)cc(Cl)cc2c1. The zero-order valence-corrected chi connectivity index (χ0v) is 23.0. The monoisotopic (exact) mass is 577 g/mol. The molecule has 5 aromatic rings. The Morgan fingerprint density at radius 2 is 1.98 bits per heavy atom. The Bertz CT molecular complexity index is 1810. The summed E-state index contributed by atoms with van der Waals surface area (Å²) in [6.07, 6.45) is 2.25. The Labute approximate surface area is 237 Å². The van der Waals surface area contributed by atoms with Crippen molar-refractivity contribution in [3.63, 3.8) is 0 Å². The van der Waals surface area contributed by atoms with E-state index >= 15 is 4.39 Å². The lowest BCUT2D eigenvalue weighted by atomic mass is 10.1. The Hall–Kier alpha value is -4.53. The van der Waals surface area contributed by atoms with Crippen LogP contribution in [-0.2, 0) is 0 Å². The highest BCUT2D eigenvalue weighted by atomic mass is 35.5. The van der Waals surface area contributed by atoms with Crippen LogP contribution in [0.15, 0.2) is 55.0 Å². The molecule has 3 aromatic heterocycles. The van der Waals surface area contributed by atoms with E-state index in [9.17, 15) is 9.90 Å². The molecular weight excluding hydrogens is 557 g/mol. The van der Waals surface area contributed by atoms with E-state index in [0.717, 1.165) is 10.3 Å². The first-order chi connectivity index (χ1) is 19.2. The minimum Gasteiger partial charge on any atom is -0.495 e. The number of methoxy groups -OCH3 is 1. The fraction of sp³-hybridized carbons (Fsp3) is 0.179. The Morgan fingerprint density at radius 1 is 1.18 bits per heavy atom. The van der Waals surface area contributed by atoms with Gasteiger partial charge in [-0.25, -0.2) is 14.2 Å². The average Bonchev–Trinajstić information content (AvgIpc) is 3.34. The standard InChI is InChI=1S/C28H21ClFN5O4S/c1-14(35(28(36)37)19-4-16(10-31)11-32-12-19)15(2)39-24-9-25-23(8-22(24)30)34-27(40-25)21-7-18(29)5-17-6-20(38-3)13-33-26(17)21/h4-9,11-15H,1-3H3,(H,36,37)/t14-,15+/m1/s1. The van der Waals surface area contributed by atoms with E-state index in [4.69, 9.17) is 26.3 Å². The van der Waals surface area contributed by atoms with E-state index in [-0.39, 0.29) is 17.0 Å². The summed E-state index contributed by atoms with van der Waals surface area (Å²) in [6.45, 7) is 3.27. The molecule has 202 valence electrons. The summed E-state index contributed by atoms with van der Waals surface area (Å²) in [5.74, 6) is -0.0972. The van der Waals surface area contributed by atoms with Crippen LogP contribution in [0.1, 0.15) is 19.4 Å². The number of hydrogen-bond donors (Lipinski definition) is 1. The molecule has 0 saturated carbocycles. The van der Waals surface area contributed by atoms with Gasteiger partial charge in [0.25, 0.3) is 0 Å². The summed E-state index contributed by atoms with van der Waals surface area (Å²) < 4.78 is 27.0. The maximum atomic E-state index is 15.2. The molecule has 2 atom stereocenters. The van der Waals surface area contributed by atoms with Gasteiger partial charge in [0.1, 0.15) is 22.9 Å². The molecule has 40 heavy (non-hydrogen) atoms.